The first-order chi connectivity index (χ1) is 3.18. The highest BCUT2D eigenvalue weighted by Crippen LogP contribution is 2.02. The zero-order chi connectivity index (χ0) is 5.86. The molecule has 0 bridgehead atoms. The number of thiol groups is 2. The molecule has 0 fully saturated rings. The summed E-state index contributed by atoms with van der Waals surface area (Å²) in [6.07, 6.45) is 0. The van der Waals surface area contributed by atoms with Gasteiger partial charge in [-0.25, -0.2) is 0 Å². The molecule has 2 atom stereocenters. The van der Waals surface area contributed by atoms with E-state index in [0.717, 1.165) is 0 Å². The number of hydrogen-bond acceptors (Lipinski definition) is 3. The van der Waals surface area contributed by atoms with E-state index in [2.05, 4.69) is 30.6 Å². The van der Waals surface area contributed by atoms with E-state index in [1.807, 2.05) is 14.0 Å². The Balaban J connectivity index is 3.14. The van der Waals surface area contributed by atoms with Gasteiger partial charge in [0.15, 0.2) is 0 Å². The van der Waals surface area contributed by atoms with E-state index in [-0.39, 0.29) is 5.37 Å². The van der Waals surface area contributed by atoms with Gasteiger partial charge in [-0.05, 0) is 7.05 Å². The molecule has 1 N–H and O–H groups in total. The molecule has 2 unspecified atom stereocenters. The summed E-state index contributed by atoms with van der Waals surface area (Å²) in [5.41, 5.74) is 0. The summed E-state index contributed by atoms with van der Waals surface area (Å²) in [5, 5.41) is 3.48. The molecule has 0 aliphatic heterocycles. The number of nitrogens with one attached hydrogen (secondary N) is 1. The molecule has 0 radical (unpaired) electrons. The van der Waals surface area contributed by atoms with Crippen LogP contribution >= 0.6 is 25.3 Å². The predicted molar refractivity (Wildman–Crippen MR) is 40.3 cm³/mol. The molecule has 0 spiro atoms. The summed E-state index contributed by atoms with van der Waals surface area (Å²) in [6.45, 7) is 2.00. The number of hydrogen-bond donors (Lipinski definition) is 3. The molecule has 0 saturated carbocycles. The molecule has 0 saturated heterocycles. The van der Waals surface area contributed by atoms with Crippen molar-refractivity contribution in [2.45, 2.75) is 17.5 Å². The fourth-order valence-electron chi connectivity index (χ4n) is 0.241. The van der Waals surface area contributed by atoms with Gasteiger partial charge in [-0.2, -0.15) is 25.3 Å². The van der Waals surface area contributed by atoms with Gasteiger partial charge in [0.2, 0.25) is 0 Å². The fraction of sp³-hybridized carbons (Fsp3) is 1.00. The Labute approximate surface area is 55.7 Å². The second kappa shape index (κ2) is 3.64. The van der Waals surface area contributed by atoms with Crippen molar-refractivity contribution in [2.75, 3.05) is 7.05 Å². The average molecular weight is 137 g/mol. The van der Waals surface area contributed by atoms with Crippen molar-refractivity contribution in [1.82, 2.24) is 5.32 Å². The highest BCUT2D eigenvalue weighted by Gasteiger charge is 2.02. The lowest BCUT2D eigenvalue weighted by atomic mass is 10.5. The molecule has 0 aromatic carbocycles. The van der Waals surface area contributed by atoms with Gasteiger partial charge in [-0.3, -0.25) is 0 Å². The molecule has 0 heterocycles. The van der Waals surface area contributed by atoms with Crippen LogP contribution in [0, 0.1) is 0 Å². The zero-order valence-corrected chi connectivity index (χ0v) is 6.34. The summed E-state index contributed by atoms with van der Waals surface area (Å²) in [6, 6.07) is 0. The lowest BCUT2D eigenvalue weighted by Gasteiger charge is -2.10. The SMILES string of the molecule is CNC(S)C(C)S. The van der Waals surface area contributed by atoms with Gasteiger partial charge in [0.05, 0.1) is 5.37 Å². The van der Waals surface area contributed by atoms with E-state index >= 15 is 0 Å². The van der Waals surface area contributed by atoms with Gasteiger partial charge in [0.25, 0.3) is 0 Å². The van der Waals surface area contributed by atoms with Crippen LogP contribution in [0.5, 0.6) is 0 Å². The van der Waals surface area contributed by atoms with Crippen molar-refractivity contribution in [1.29, 1.82) is 0 Å². The van der Waals surface area contributed by atoms with E-state index in [9.17, 15) is 0 Å². The molecule has 0 aromatic rings. The zero-order valence-electron chi connectivity index (χ0n) is 4.55. The molecule has 0 aliphatic carbocycles. The highest BCUT2D eigenvalue weighted by atomic mass is 32.1. The molecular weight excluding hydrogens is 126 g/mol. The molecular formula is C4H11NS2. The first kappa shape index (κ1) is 7.66. The van der Waals surface area contributed by atoms with Crippen molar-refractivity contribution in [3.63, 3.8) is 0 Å². The first-order valence-electron chi connectivity index (χ1n) is 2.22. The van der Waals surface area contributed by atoms with Crippen molar-refractivity contribution in [3.8, 4) is 0 Å². The summed E-state index contributed by atoms with van der Waals surface area (Å²) in [5.74, 6) is 0. The van der Waals surface area contributed by atoms with Gasteiger partial charge in [0.1, 0.15) is 0 Å². The first-order valence-corrected chi connectivity index (χ1v) is 3.25. The van der Waals surface area contributed by atoms with Crippen molar-refractivity contribution in [3.05, 3.63) is 0 Å². The molecule has 44 valence electrons. The highest BCUT2D eigenvalue weighted by molar-refractivity contribution is 7.85. The van der Waals surface area contributed by atoms with Gasteiger partial charge in [-0.1, -0.05) is 6.92 Å². The van der Waals surface area contributed by atoms with E-state index in [4.69, 9.17) is 0 Å². The lowest BCUT2D eigenvalue weighted by molar-refractivity contribution is 0.739. The maximum atomic E-state index is 4.14. The second-order valence-electron chi connectivity index (χ2n) is 1.47. The minimum absolute atomic E-state index is 0.211. The third kappa shape index (κ3) is 3.26. The predicted octanol–water partition coefficient (Wildman–Crippen LogP) is 0.780. The smallest absolute Gasteiger partial charge is 0.0615 e. The van der Waals surface area contributed by atoms with Crippen LogP contribution in [0.25, 0.3) is 0 Å². The van der Waals surface area contributed by atoms with Crippen LogP contribution in [0.4, 0.5) is 0 Å². The van der Waals surface area contributed by atoms with E-state index in [1.54, 1.807) is 0 Å². The third-order valence-electron chi connectivity index (χ3n) is 0.753. The Bertz CT molecular complexity index is 47.0. The molecule has 0 rings (SSSR count). The molecule has 1 nitrogen and oxygen atoms in total. The van der Waals surface area contributed by atoms with Crippen molar-refractivity contribution in [2.24, 2.45) is 0 Å². The Hall–Kier alpha value is 0.660. The topological polar surface area (TPSA) is 12.0 Å². The van der Waals surface area contributed by atoms with Gasteiger partial charge in [0, 0.05) is 5.25 Å². The van der Waals surface area contributed by atoms with Crippen LogP contribution in [0.1, 0.15) is 6.92 Å². The Morgan fingerprint density at radius 1 is 1.43 bits per heavy atom. The maximum absolute atomic E-state index is 4.14. The van der Waals surface area contributed by atoms with Crippen molar-refractivity contribution >= 4 is 25.3 Å². The fourth-order valence-corrected chi connectivity index (χ4v) is 0.390. The Kier molecular flexibility index (Phi) is 3.98. The van der Waals surface area contributed by atoms with Crippen LogP contribution < -0.4 is 5.32 Å². The minimum Gasteiger partial charge on any atom is -0.308 e. The second-order valence-corrected chi connectivity index (χ2v) is 2.84. The maximum Gasteiger partial charge on any atom is 0.0615 e. The van der Waals surface area contributed by atoms with Gasteiger partial charge >= 0.3 is 0 Å². The van der Waals surface area contributed by atoms with E-state index in [0.29, 0.717) is 5.25 Å². The molecule has 0 aliphatic rings. The van der Waals surface area contributed by atoms with Crippen LogP contribution in [-0.4, -0.2) is 17.7 Å². The van der Waals surface area contributed by atoms with Crippen LogP contribution in [0.15, 0.2) is 0 Å². The monoisotopic (exact) mass is 137 g/mol. The van der Waals surface area contributed by atoms with Gasteiger partial charge in [-0.15, -0.1) is 0 Å². The molecule has 7 heavy (non-hydrogen) atoms. The Morgan fingerprint density at radius 3 is 1.86 bits per heavy atom. The van der Waals surface area contributed by atoms with E-state index in [1.165, 1.54) is 0 Å². The number of rotatable bonds is 2. The van der Waals surface area contributed by atoms with Crippen LogP contribution in [0.2, 0.25) is 0 Å². The van der Waals surface area contributed by atoms with E-state index < -0.39 is 0 Å². The summed E-state index contributed by atoms with van der Waals surface area (Å²) in [4.78, 5) is 0. The summed E-state index contributed by atoms with van der Waals surface area (Å²) < 4.78 is 0. The average Bonchev–Trinajstić information content (AvgIpc) is 1.65. The standard InChI is InChI=1S/C4H11NS2/c1-3(6)4(7)5-2/h3-7H,1-2H3. The molecule has 3 heteroatoms. The Morgan fingerprint density at radius 2 is 1.86 bits per heavy atom. The lowest BCUT2D eigenvalue weighted by Crippen LogP contribution is -2.26. The molecule has 0 amide bonds. The normalized spacial score (nSPS) is 18.9. The summed E-state index contributed by atoms with van der Waals surface area (Å²) >= 11 is 8.27. The third-order valence-corrected chi connectivity index (χ3v) is 1.99. The largest absolute Gasteiger partial charge is 0.308 e. The van der Waals surface area contributed by atoms with Gasteiger partial charge < -0.3 is 5.32 Å². The quantitative estimate of drug-likeness (QED) is 0.377. The summed E-state index contributed by atoms with van der Waals surface area (Å²) in [7, 11) is 1.87. The van der Waals surface area contributed by atoms with Crippen molar-refractivity contribution < 1.29 is 0 Å². The molecule has 0 aromatic heterocycles. The van der Waals surface area contributed by atoms with Crippen LogP contribution in [-0.2, 0) is 0 Å². The van der Waals surface area contributed by atoms with Crippen LogP contribution in [0.3, 0.4) is 0 Å². The minimum atomic E-state index is 0.211.